The lowest BCUT2D eigenvalue weighted by Crippen LogP contribution is -2.31. The van der Waals surface area contributed by atoms with Gasteiger partial charge in [0.15, 0.2) is 0 Å². The summed E-state index contributed by atoms with van der Waals surface area (Å²) in [4.78, 5) is 22.1. The summed E-state index contributed by atoms with van der Waals surface area (Å²) in [5.41, 5.74) is 0.930. The standard InChI is InChI=1S/C15H17FN4O/c1-3-18-14-13(9-11(16)10-19-14)15(21)20(4-2)12-5-7-17-8-6-12/h5-10H,3-4H2,1-2H3,(H,18,19). The summed E-state index contributed by atoms with van der Waals surface area (Å²) in [6.07, 6.45) is 4.32. The van der Waals surface area contributed by atoms with Gasteiger partial charge in [0, 0.05) is 31.2 Å². The molecule has 0 radical (unpaired) electrons. The van der Waals surface area contributed by atoms with Gasteiger partial charge in [0.1, 0.15) is 11.6 Å². The van der Waals surface area contributed by atoms with Crippen LogP contribution in [-0.4, -0.2) is 29.0 Å². The summed E-state index contributed by atoms with van der Waals surface area (Å²) in [6, 6.07) is 4.68. The smallest absolute Gasteiger partial charge is 0.262 e. The molecule has 0 bridgehead atoms. The Morgan fingerprint density at radius 1 is 1.33 bits per heavy atom. The fraction of sp³-hybridized carbons (Fsp3) is 0.267. The van der Waals surface area contributed by atoms with Crippen molar-refractivity contribution >= 4 is 17.4 Å². The Hall–Kier alpha value is -2.50. The van der Waals surface area contributed by atoms with Crippen LogP contribution in [0.15, 0.2) is 36.8 Å². The lowest BCUT2D eigenvalue weighted by atomic mass is 10.2. The van der Waals surface area contributed by atoms with Crippen LogP contribution in [0.5, 0.6) is 0 Å². The van der Waals surface area contributed by atoms with Crippen LogP contribution in [0.25, 0.3) is 0 Å². The second kappa shape index (κ2) is 6.78. The summed E-state index contributed by atoms with van der Waals surface area (Å²) in [6.45, 7) is 4.81. The number of carbonyl (C=O) groups excluding carboxylic acids is 1. The van der Waals surface area contributed by atoms with Crippen molar-refractivity contribution in [3.8, 4) is 0 Å². The summed E-state index contributed by atoms with van der Waals surface area (Å²) in [7, 11) is 0. The van der Waals surface area contributed by atoms with E-state index in [2.05, 4.69) is 15.3 Å². The summed E-state index contributed by atoms with van der Waals surface area (Å²) in [5, 5.41) is 2.98. The van der Waals surface area contributed by atoms with Gasteiger partial charge in [-0.05, 0) is 32.0 Å². The number of nitrogens with zero attached hydrogens (tertiary/aromatic N) is 3. The Labute approximate surface area is 122 Å². The number of hydrogen-bond acceptors (Lipinski definition) is 4. The molecule has 110 valence electrons. The van der Waals surface area contributed by atoms with Crippen molar-refractivity contribution < 1.29 is 9.18 Å². The van der Waals surface area contributed by atoms with Gasteiger partial charge in [-0.15, -0.1) is 0 Å². The minimum absolute atomic E-state index is 0.218. The number of anilines is 2. The predicted octanol–water partition coefficient (Wildman–Crippen LogP) is 2.71. The SMILES string of the molecule is CCNc1ncc(F)cc1C(=O)N(CC)c1ccncc1. The normalized spacial score (nSPS) is 10.2. The maximum atomic E-state index is 13.4. The number of amides is 1. The van der Waals surface area contributed by atoms with Gasteiger partial charge >= 0.3 is 0 Å². The van der Waals surface area contributed by atoms with E-state index in [0.29, 0.717) is 24.6 Å². The molecule has 0 aliphatic carbocycles. The molecule has 5 nitrogen and oxygen atoms in total. The van der Waals surface area contributed by atoms with Crippen LogP contribution >= 0.6 is 0 Å². The molecule has 0 spiro atoms. The van der Waals surface area contributed by atoms with E-state index in [9.17, 15) is 9.18 Å². The Balaban J connectivity index is 2.40. The van der Waals surface area contributed by atoms with Crippen molar-refractivity contribution in [2.45, 2.75) is 13.8 Å². The molecular formula is C15H17FN4O. The zero-order valence-corrected chi connectivity index (χ0v) is 12.0. The van der Waals surface area contributed by atoms with Crippen LogP contribution in [0.1, 0.15) is 24.2 Å². The van der Waals surface area contributed by atoms with Crippen molar-refractivity contribution in [3.63, 3.8) is 0 Å². The van der Waals surface area contributed by atoms with Crippen molar-refractivity contribution in [1.82, 2.24) is 9.97 Å². The second-order valence-corrected chi connectivity index (χ2v) is 4.33. The number of halogens is 1. The first-order valence-electron chi connectivity index (χ1n) is 6.78. The molecule has 0 saturated heterocycles. The molecule has 0 aliphatic rings. The number of rotatable bonds is 5. The van der Waals surface area contributed by atoms with E-state index in [4.69, 9.17) is 0 Å². The van der Waals surface area contributed by atoms with Gasteiger partial charge < -0.3 is 10.2 Å². The highest BCUT2D eigenvalue weighted by atomic mass is 19.1. The van der Waals surface area contributed by atoms with Gasteiger partial charge in [0.2, 0.25) is 0 Å². The van der Waals surface area contributed by atoms with Crippen LogP contribution in [0.2, 0.25) is 0 Å². The minimum atomic E-state index is -0.536. The third-order valence-electron chi connectivity index (χ3n) is 2.96. The molecule has 6 heteroatoms. The highest BCUT2D eigenvalue weighted by molar-refractivity contribution is 6.09. The van der Waals surface area contributed by atoms with Gasteiger partial charge in [0.25, 0.3) is 5.91 Å². The number of carbonyl (C=O) groups is 1. The maximum Gasteiger partial charge on any atom is 0.262 e. The van der Waals surface area contributed by atoms with E-state index in [1.807, 2.05) is 13.8 Å². The Morgan fingerprint density at radius 3 is 2.67 bits per heavy atom. The zero-order chi connectivity index (χ0) is 15.2. The first-order valence-corrected chi connectivity index (χ1v) is 6.78. The van der Waals surface area contributed by atoms with Gasteiger partial charge in [-0.2, -0.15) is 0 Å². The summed E-state index contributed by atoms with van der Waals surface area (Å²) < 4.78 is 13.4. The molecule has 0 fully saturated rings. The van der Waals surface area contributed by atoms with E-state index in [1.54, 1.807) is 29.4 Å². The number of pyridine rings is 2. The predicted molar refractivity (Wildman–Crippen MR) is 79.9 cm³/mol. The van der Waals surface area contributed by atoms with Gasteiger partial charge in [0.05, 0.1) is 11.8 Å². The van der Waals surface area contributed by atoms with Crippen LogP contribution in [0.4, 0.5) is 15.9 Å². The van der Waals surface area contributed by atoms with Crippen molar-refractivity contribution in [1.29, 1.82) is 0 Å². The quantitative estimate of drug-likeness (QED) is 0.919. The summed E-state index contributed by atoms with van der Waals surface area (Å²) in [5.74, 6) is -0.450. The molecule has 21 heavy (non-hydrogen) atoms. The van der Waals surface area contributed by atoms with E-state index >= 15 is 0 Å². The first kappa shape index (κ1) is 14.9. The molecule has 0 aromatic carbocycles. The maximum absolute atomic E-state index is 13.4. The average molecular weight is 288 g/mol. The second-order valence-electron chi connectivity index (χ2n) is 4.33. The Kier molecular flexibility index (Phi) is 4.81. The lowest BCUT2D eigenvalue weighted by molar-refractivity contribution is 0.0988. The van der Waals surface area contributed by atoms with E-state index < -0.39 is 5.82 Å². The Morgan fingerprint density at radius 2 is 2.05 bits per heavy atom. The van der Waals surface area contributed by atoms with Crippen LogP contribution in [0, 0.1) is 5.82 Å². The largest absolute Gasteiger partial charge is 0.370 e. The molecule has 0 aliphatic heterocycles. The molecule has 1 N–H and O–H groups in total. The summed E-state index contributed by atoms with van der Waals surface area (Å²) >= 11 is 0. The highest BCUT2D eigenvalue weighted by Gasteiger charge is 2.20. The third kappa shape index (κ3) is 3.34. The highest BCUT2D eigenvalue weighted by Crippen LogP contribution is 2.20. The van der Waals surface area contributed by atoms with Crippen molar-refractivity contribution in [3.05, 3.63) is 48.2 Å². The number of hydrogen-bond donors (Lipinski definition) is 1. The van der Waals surface area contributed by atoms with E-state index in [1.165, 1.54) is 6.07 Å². The molecule has 2 heterocycles. The fourth-order valence-electron chi connectivity index (χ4n) is 2.02. The topological polar surface area (TPSA) is 58.1 Å². The molecule has 2 aromatic heterocycles. The van der Waals surface area contributed by atoms with E-state index in [-0.39, 0.29) is 11.5 Å². The number of nitrogens with one attached hydrogen (secondary N) is 1. The first-order chi connectivity index (χ1) is 10.2. The van der Waals surface area contributed by atoms with Crippen molar-refractivity contribution in [2.75, 3.05) is 23.3 Å². The lowest BCUT2D eigenvalue weighted by Gasteiger charge is -2.22. The molecular weight excluding hydrogens is 271 g/mol. The molecule has 0 saturated carbocycles. The van der Waals surface area contributed by atoms with Crippen LogP contribution < -0.4 is 10.2 Å². The monoisotopic (exact) mass is 288 g/mol. The van der Waals surface area contributed by atoms with Crippen molar-refractivity contribution in [2.24, 2.45) is 0 Å². The van der Waals surface area contributed by atoms with E-state index in [0.717, 1.165) is 6.20 Å². The molecule has 2 rings (SSSR count). The number of aromatic nitrogens is 2. The third-order valence-corrected chi connectivity index (χ3v) is 2.96. The molecule has 0 unspecified atom stereocenters. The van der Waals surface area contributed by atoms with Gasteiger partial charge in [-0.25, -0.2) is 9.37 Å². The molecule has 0 atom stereocenters. The molecule has 2 aromatic rings. The zero-order valence-electron chi connectivity index (χ0n) is 12.0. The Bertz CT molecular complexity index is 618. The minimum Gasteiger partial charge on any atom is -0.370 e. The average Bonchev–Trinajstić information content (AvgIpc) is 2.51. The van der Waals surface area contributed by atoms with Crippen LogP contribution in [0.3, 0.4) is 0 Å². The fourth-order valence-corrected chi connectivity index (χ4v) is 2.02. The van der Waals surface area contributed by atoms with Gasteiger partial charge in [-0.3, -0.25) is 9.78 Å². The van der Waals surface area contributed by atoms with Crippen LogP contribution in [-0.2, 0) is 0 Å². The van der Waals surface area contributed by atoms with Gasteiger partial charge in [-0.1, -0.05) is 0 Å². The molecule has 1 amide bonds.